The second-order valence-electron chi connectivity index (χ2n) is 6.73. The molecule has 2 amide bonds. The molecule has 3 rings (SSSR count). The highest BCUT2D eigenvalue weighted by Crippen LogP contribution is 2.24. The van der Waals surface area contributed by atoms with Crippen molar-refractivity contribution in [3.63, 3.8) is 0 Å². The van der Waals surface area contributed by atoms with E-state index in [1.165, 1.54) is 11.1 Å². The molecule has 1 aliphatic rings. The van der Waals surface area contributed by atoms with Gasteiger partial charge < -0.3 is 10.2 Å². The van der Waals surface area contributed by atoms with Gasteiger partial charge in [-0.2, -0.15) is 0 Å². The highest BCUT2D eigenvalue weighted by atomic mass is 16.2. The van der Waals surface area contributed by atoms with Gasteiger partial charge in [-0.3, -0.25) is 9.59 Å². The summed E-state index contributed by atoms with van der Waals surface area (Å²) in [4.78, 5) is 26.3. The van der Waals surface area contributed by atoms with Crippen molar-refractivity contribution < 1.29 is 9.59 Å². The molecular formula is C21H24N2O2. The van der Waals surface area contributed by atoms with E-state index in [-0.39, 0.29) is 17.9 Å². The zero-order valence-corrected chi connectivity index (χ0v) is 14.8. The molecule has 2 aromatic rings. The standard InChI is InChI=1S/C21H24N2O2/c1-15-8-10-19(12-16(15)2)23-14-18(13-21(23)25)22-20(24)11-9-17-6-4-3-5-7-17/h3-8,10,12,18H,9,11,13-14H2,1-2H3,(H,22,24). The molecule has 4 heteroatoms. The van der Waals surface area contributed by atoms with E-state index < -0.39 is 0 Å². The molecule has 2 aromatic carbocycles. The van der Waals surface area contributed by atoms with E-state index in [1.807, 2.05) is 55.5 Å². The maximum Gasteiger partial charge on any atom is 0.229 e. The van der Waals surface area contributed by atoms with E-state index in [2.05, 4.69) is 12.2 Å². The average Bonchev–Trinajstić information content (AvgIpc) is 2.96. The van der Waals surface area contributed by atoms with E-state index in [9.17, 15) is 9.59 Å². The van der Waals surface area contributed by atoms with Crippen LogP contribution in [0.2, 0.25) is 0 Å². The molecule has 1 heterocycles. The lowest BCUT2D eigenvalue weighted by Gasteiger charge is -2.18. The van der Waals surface area contributed by atoms with Crippen molar-refractivity contribution in [3.8, 4) is 0 Å². The molecule has 0 saturated carbocycles. The van der Waals surface area contributed by atoms with Crippen molar-refractivity contribution in [2.45, 2.75) is 39.2 Å². The zero-order chi connectivity index (χ0) is 17.8. The van der Waals surface area contributed by atoms with Crippen molar-refractivity contribution in [3.05, 3.63) is 65.2 Å². The predicted molar refractivity (Wildman–Crippen MR) is 99.6 cm³/mol. The number of nitrogens with one attached hydrogen (secondary N) is 1. The molecule has 1 fully saturated rings. The fourth-order valence-electron chi connectivity index (χ4n) is 3.15. The predicted octanol–water partition coefficient (Wildman–Crippen LogP) is 3.16. The first-order chi connectivity index (χ1) is 12.0. The SMILES string of the molecule is Cc1ccc(N2CC(NC(=O)CCc3ccccc3)CC2=O)cc1C. The fraction of sp³-hybridized carbons (Fsp3) is 0.333. The summed E-state index contributed by atoms with van der Waals surface area (Å²) in [6, 6.07) is 15.9. The van der Waals surface area contributed by atoms with Crippen LogP contribution in [-0.4, -0.2) is 24.4 Å². The Morgan fingerprint density at radius 2 is 1.88 bits per heavy atom. The average molecular weight is 336 g/mol. The topological polar surface area (TPSA) is 49.4 Å². The maximum absolute atomic E-state index is 12.3. The Morgan fingerprint density at radius 3 is 2.60 bits per heavy atom. The number of amides is 2. The summed E-state index contributed by atoms with van der Waals surface area (Å²) < 4.78 is 0. The fourth-order valence-corrected chi connectivity index (χ4v) is 3.15. The van der Waals surface area contributed by atoms with Gasteiger partial charge in [-0.05, 0) is 49.1 Å². The van der Waals surface area contributed by atoms with Gasteiger partial charge in [-0.25, -0.2) is 0 Å². The highest BCUT2D eigenvalue weighted by Gasteiger charge is 2.31. The van der Waals surface area contributed by atoms with E-state index in [0.717, 1.165) is 11.3 Å². The summed E-state index contributed by atoms with van der Waals surface area (Å²) in [7, 11) is 0. The van der Waals surface area contributed by atoms with E-state index in [4.69, 9.17) is 0 Å². The van der Waals surface area contributed by atoms with Gasteiger partial charge in [-0.15, -0.1) is 0 Å². The largest absolute Gasteiger partial charge is 0.351 e. The van der Waals surface area contributed by atoms with Gasteiger partial charge in [0.15, 0.2) is 0 Å². The van der Waals surface area contributed by atoms with Crippen LogP contribution in [0, 0.1) is 13.8 Å². The van der Waals surface area contributed by atoms with Gasteiger partial charge in [0.25, 0.3) is 0 Å². The molecule has 1 atom stereocenters. The van der Waals surface area contributed by atoms with Gasteiger partial charge in [-0.1, -0.05) is 36.4 Å². The molecule has 1 unspecified atom stereocenters. The Morgan fingerprint density at radius 1 is 1.12 bits per heavy atom. The minimum atomic E-state index is -0.114. The zero-order valence-electron chi connectivity index (χ0n) is 14.8. The Bertz CT molecular complexity index is 771. The first kappa shape index (κ1) is 17.2. The summed E-state index contributed by atoms with van der Waals surface area (Å²) in [6.45, 7) is 4.64. The van der Waals surface area contributed by atoms with Crippen LogP contribution in [0.5, 0.6) is 0 Å². The van der Waals surface area contributed by atoms with Crippen LogP contribution in [0.25, 0.3) is 0 Å². The summed E-state index contributed by atoms with van der Waals surface area (Å²) in [6.07, 6.45) is 1.52. The number of hydrogen-bond acceptors (Lipinski definition) is 2. The number of carbonyl (C=O) groups is 2. The smallest absolute Gasteiger partial charge is 0.229 e. The van der Waals surface area contributed by atoms with Crippen LogP contribution in [0.15, 0.2) is 48.5 Å². The minimum Gasteiger partial charge on any atom is -0.351 e. The Kier molecular flexibility index (Phi) is 5.17. The van der Waals surface area contributed by atoms with E-state index >= 15 is 0 Å². The summed E-state index contributed by atoms with van der Waals surface area (Å²) >= 11 is 0. The van der Waals surface area contributed by atoms with E-state index in [1.54, 1.807) is 4.90 Å². The molecular weight excluding hydrogens is 312 g/mol. The molecule has 0 spiro atoms. The lowest BCUT2D eigenvalue weighted by atomic mass is 10.1. The highest BCUT2D eigenvalue weighted by molar-refractivity contribution is 5.97. The first-order valence-electron chi connectivity index (χ1n) is 8.74. The number of anilines is 1. The molecule has 130 valence electrons. The summed E-state index contributed by atoms with van der Waals surface area (Å²) in [5.74, 6) is 0.0696. The van der Waals surface area contributed by atoms with Gasteiger partial charge in [0.2, 0.25) is 11.8 Å². The normalized spacial score (nSPS) is 17.0. The number of benzene rings is 2. The van der Waals surface area contributed by atoms with Crippen molar-refractivity contribution >= 4 is 17.5 Å². The number of aryl methyl sites for hydroxylation is 3. The first-order valence-corrected chi connectivity index (χ1v) is 8.74. The molecule has 0 aromatic heterocycles. The quantitative estimate of drug-likeness (QED) is 0.912. The minimum absolute atomic E-state index is 0.00332. The number of rotatable bonds is 5. The van der Waals surface area contributed by atoms with Crippen molar-refractivity contribution in [2.75, 3.05) is 11.4 Å². The molecule has 25 heavy (non-hydrogen) atoms. The van der Waals surface area contributed by atoms with Gasteiger partial charge in [0, 0.05) is 25.1 Å². The van der Waals surface area contributed by atoms with Crippen LogP contribution in [0.3, 0.4) is 0 Å². The number of carbonyl (C=O) groups excluding carboxylic acids is 2. The van der Waals surface area contributed by atoms with Crippen LogP contribution in [0.1, 0.15) is 29.5 Å². The van der Waals surface area contributed by atoms with E-state index in [0.29, 0.717) is 25.8 Å². The van der Waals surface area contributed by atoms with Crippen LogP contribution in [0.4, 0.5) is 5.69 Å². The second kappa shape index (κ2) is 7.51. The third kappa shape index (κ3) is 4.27. The van der Waals surface area contributed by atoms with Gasteiger partial charge in [0.1, 0.15) is 0 Å². The monoisotopic (exact) mass is 336 g/mol. The number of hydrogen-bond donors (Lipinski definition) is 1. The Balaban J connectivity index is 1.55. The molecule has 1 aliphatic heterocycles. The second-order valence-corrected chi connectivity index (χ2v) is 6.73. The number of nitrogens with zero attached hydrogens (tertiary/aromatic N) is 1. The molecule has 0 aliphatic carbocycles. The van der Waals surface area contributed by atoms with Crippen LogP contribution >= 0.6 is 0 Å². The lowest BCUT2D eigenvalue weighted by molar-refractivity contribution is -0.121. The summed E-state index contributed by atoms with van der Waals surface area (Å²) in [5.41, 5.74) is 4.44. The van der Waals surface area contributed by atoms with Crippen molar-refractivity contribution in [1.82, 2.24) is 5.32 Å². The molecule has 0 bridgehead atoms. The Hall–Kier alpha value is -2.62. The Labute approximate surface area is 148 Å². The molecule has 1 saturated heterocycles. The molecule has 0 radical (unpaired) electrons. The van der Waals surface area contributed by atoms with Gasteiger partial charge >= 0.3 is 0 Å². The third-order valence-corrected chi connectivity index (χ3v) is 4.78. The maximum atomic E-state index is 12.3. The lowest BCUT2D eigenvalue weighted by Crippen LogP contribution is -2.37. The van der Waals surface area contributed by atoms with Crippen LogP contribution in [-0.2, 0) is 16.0 Å². The van der Waals surface area contributed by atoms with Crippen LogP contribution < -0.4 is 10.2 Å². The van der Waals surface area contributed by atoms with Crippen molar-refractivity contribution in [2.24, 2.45) is 0 Å². The summed E-state index contributed by atoms with van der Waals surface area (Å²) in [5, 5.41) is 3.00. The van der Waals surface area contributed by atoms with Gasteiger partial charge in [0.05, 0.1) is 6.04 Å². The van der Waals surface area contributed by atoms with Crippen molar-refractivity contribution in [1.29, 1.82) is 0 Å². The molecule has 1 N–H and O–H groups in total. The third-order valence-electron chi connectivity index (χ3n) is 4.78. The molecule has 4 nitrogen and oxygen atoms in total.